The predicted octanol–water partition coefficient (Wildman–Crippen LogP) is 4.37. The molecular weight excluding hydrogens is 504 g/mol. The zero-order valence-corrected chi connectivity index (χ0v) is 17.5. The van der Waals surface area contributed by atoms with Crippen LogP contribution in [0.15, 0.2) is 30.3 Å². The van der Waals surface area contributed by atoms with E-state index in [1.54, 1.807) is 35.8 Å². The molecule has 194 valence electrons. The fourth-order valence-electron chi connectivity index (χ4n) is 1.74. The lowest BCUT2D eigenvalue weighted by molar-refractivity contribution is -0.283. The van der Waals surface area contributed by atoms with Crippen LogP contribution < -0.4 is 16.6 Å². The van der Waals surface area contributed by atoms with Gasteiger partial charge in [-0.25, -0.2) is 0 Å². The molecule has 0 aliphatic heterocycles. The standard InChI is InChI=1S/C13H14F5NO2.C4H7F5N2.ClH/c14-12(15,13(16,17)18)6-7-19-8-11(20)21-9-10-4-2-1-3-5-10;5-3(6,1-2-11-10)4(7,8)9;/h1-5,19H,6-9H2;11H,1-2,10H2;1H. The molecule has 0 radical (unpaired) electrons. The first-order valence-corrected chi connectivity index (χ1v) is 8.76. The molecule has 1 rings (SSSR count). The highest BCUT2D eigenvalue weighted by molar-refractivity contribution is 5.85. The van der Waals surface area contributed by atoms with Crippen LogP contribution in [0.3, 0.4) is 0 Å². The summed E-state index contributed by atoms with van der Waals surface area (Å²) in [6.45, 7) is -1.64. The fraction of sp³-hybridized carbons (Fsp3) is 0.588. The van der Waals surface area contributed by atoms with Gasteiger partial charge in [-0.1, -0.05) is 30.3 Å². The molecule has 0 saturated carbocycles. The maximum Gasteiger partial charge on any atom is 0.453 e. The van der Waals surface area contributed by atoms with Crippen molar-refractivity contribution in [3.8, 4) is 0 Å². The minimum atomic E-state index is -5.58. The molecule has 5 nitrogen and oxygen atoms in total. The third-order valence-electron chi connectivity index (χ3n) is 3.54. The minimum absolute atomic E-state index is 0. The van der Waals surface area contributed by atoms with Crippen molar-refractivity contribution >= 4 is 18.4 Å². The molecule has 0 saturated heterocycles. The maximum absolute atomic E-state index is 12.5. The summed E-state index contributed by atoms with van der Waals surface area (Å²) >= 11 is 0. The van der Waals surface area contributed by atoms with Crippen LogP contribution in [0.25, 0.3) is 0 Å². The van der Waals surface area contributed by atoms with Gasteiger partial charge in [0.25, 0.3) is 0 Å². The highest BCUT2D eigenvalue weighted by Crippen LogP contribution is 2.38. The molecule has 0 aliphatic rings. The van der Waals surface area contributed by atoms with Crippen molar-refractivity contribution in [3.05, 3.63) is 35.9 Å². The van der Waals surface area contributed by atoms with Crippen LogP contribution in [0.4, 0.5) is 43.9 Å². The molecule has 0 fully saturated rings. The summed E-state index contributed by atoms with van der Waals surface area (Å²) in [4.78, 5) is 11.2. The van der Waals surface area contributed by atoms with Gasteiger partial charge in [0.2, 0.25) is 0 Å². The third kappa shape index (κ3) is 13.5. The second-order valence-corrected chi connectivity index (χ2v) is 6.18. The molecule has 4 N–H and O–H groups in total. The lowest BCUT2D eigenvalue weighted by Crippen LogP contribution is -2.40. The van der Waals surface area contributed by atoms with Crippen LogP contribution in [0.1, 0.15) is 18.4 Å². The Morgan fingerprint density at radius 3 is 1.70 bits per heavy atom. The molecule has 0 aromatic heterocycles. The molecule has 1 aromatic rings. The zero-order valence-electron chi connectivity index (χ0n) is 16.7. The van der Waals surface area contributed by atoms with Crippen LogP contribution in [0.2, 0.25) is 0 Å². The van der Waals surface area contributed by atoms with E-state index in [0.29, 0.717) is 0 Å². The van der Waals surface area contributed by atoms with Crippen LogP contribution in [0, 0.1) is 0 Å². The first-order chi connectivity index (χ1) is 14.5. The van der Waals surface area contributed by atoms with Gasteiger partial charge in [0.15, 0.2) is 0 Å². The average molecular weight is 526 g/mol. The summed E-state index contributed by atoms with van der Waals surface area (Å²) in [5.41, 5.74) is 2.46. The summed E-state index contributed by atoms with van der Waals surface area (Å²) in [5.74, 6) is -5.62. The quantitative estimate of drug-likeness (QED) is 0.139. The normalized spacial score (nSPS) is 12.3. The number of ether oxygens (including phenoxy) is 1. The van der Waals surface area contributed by atoms with E-state index in [-0.39, 0.29) is 19.0 Å². The highest BCUT2D eigenvalue weighted by atomic mass is 35.5. The Labute approximate surface area is 188 Å². The van der Waals surface area contributed by atoms with Gasteiger partial charge in [-0.15, -0.1) is 12.4 Å². The van der Waals surface area contributed by atoms with Gasteiger partial charge in [-0.3, -0.25) is 16.1 Å². The Morgan fingerprint density at radius 2 is 1.27 bits per heavy atom. The fourth-order valence-corrected chi connectivity index (χ4v) is 1.74. The highest BCUT2D eigenvalue weighted by Gasteiger charge is 2.57. The van der Waals surface area contributed by atoms with E-state index in [4.69, 9.17) is 4.74 Å². The number of nitrogens with one attached hydrogen (secondary N) is 2. The Balaban J connectivity index is 0. The molecule has 0 aliphatic carbocycles. The molecule has 0 atom stereocenters. The average Bonchev–Trinajstić information content (AvgIpc) is 2.68. The number of hydrogen-bond donors (Lipinski definition) is 3. The van der Waals surface area contributed by atoms with Crippen molar-refractivity contribution in [1.29, 1.82) is 0 Å². The largest absolute Gasteiger partial charge is 0.460 e. The number of nitrogens with two attached hydrogens (primary N) is 1. The number of rotatable bonds is 10. The van der Waals surface area contributed by atoms with Gasteiger partial charge in [-0.05, 0) is 5.56 Å². The van der Waals surface area contributed by atoms with E-state index >= 15 is 0 Å². The maximum atomic E-state index is 12.5. The topological polar surface area (TPSA) is 76.4 Å². The second-order valence-electron chi connectivity index (χ2n) is 6.18. The van der Waals surface area contributed by atoms with Gasteiger partial charge >= 0.3 is 30.2 Å². The van der Waals surface area contributed by atoms with Gasteiger partial charge in [0.05, 0.1) is 6.54 Å². The molecule has 0 spiro atoms. The monoisotopic (exact) mass is 525 g/mol. The number of hydrazine groups is 1. The van der Waals surface area contributed by atoms with Gasteiger partial charge in [0.1, 0.15) is 6.61 Å². The number of esters is 1. The van der Waals surface area contributed by atoms with Crippen LogP contribution >= 0.6 is 12.4 Å². The summed E-state index contributed by atoms with van der Waals surface area (Å²) in [6, 6.07) is 8.74. The molecule has 33 heavy (non-hydrogen) atoms. The number of alkyl halides is 10. The predicted molar refractivity (Wildman–Crippen MR) is 99.8 cm³/mol. The molecule has 16 heteroatoms. The first kappa shape index (κ1) is 33.3. The molecule has 0 unspecified atom stereocenters. The van der Waals surface area contributed by atoms with Crippen molar-refractivity contribution in [2.24, 2.45) is 5.84 Å². The van der Waals surface area contributed by atoms with Crippen molar-refractivity contribution in [3.63, 3.8) is 0 Å². The number of carbonyl (C=O) groups excluding carboxylic acids is 1. The van der Waals surface area contributed by atoms with Crippen molar-refractivity contribution in [2.75, 3.05) is 19.6 Å². The molecular formula is C17H22ClF10N3O2. The van der Waals surface area contributed by atoms with E-state index in [1.807, 2.05) is 0 Å². The Hall–Kier alpha value is -1.84. The number of halogens is 11. The summed E-state index contributed by atoms with van der Waals surface area (Å²) in [6.07, 6.45) is -13.8. The summed E-state index contributed by atoms with van der Waals surface area (Å²) < 4.78 is 123. The van der Waals surface area contributed by atoms with Crippen molar-refractivity contribution in [2.45, 2.75) is 43.6 Å². The third-order valence-corrected chi connectivity index (χ3v) is 3.54. The first-order valence-electron chi connectivity index (χ1n) is 8.76. The zero-order chi connectivity index (χ0) is 25.1. The smallest absolute Gasteiger partial charge is 0.453 e. The summed E-state index contributed by atoms with van der Waals surface area (Å²) in [5, 5.41) is 2.20. The van der Waals surface area contributed by atoms with Gasteiger partial charge < -0.3 is 10.1 Å². The van der Waals surface area contributed by atoms with Gasteiger partial charge in [-0.2, -0.15) is 43.9 Å². The SMILES string of the molecule is Cl.NNCCC(F)(F)C(F)(F)F.O=C(CNCCC(F)(F)C(F)(F)F)OCc1ccccc1. The van der Waals surface area contributed by atoms with E-state index in [1.165, 1.54) is 0 Å². The molecule has 0 bridgehead atoms. The van der Waals surface area contributed by atoms with Crippen LogP contribution in [0.5, 0.6) is 0 Å². The van der Waals surface area contributed by atoms with E-state index in [9.17, 15) is 48.7 Å². The molecule has 0 heterocycles. The number of hydrogen-bond acceptors (Lipinski definition) is 5. The van der Waals surface area contributed by atoms with Gasteiger partial charge in [0, 0.05) is 25.9 Å². The Morgan fingerprint density at radius 1 is 0.818 bits per heavy atom. The lowest BCUT2D eigenvalue weighted by atomic mass is 10.2. The van der Waals surface area contributed by atoms with Crippen LogP contribution in [-0.4, -0.2) is 49.8 Å². The lowest BCUT2D eigenvalue weighted by Gasteiger charge is -2.19. The van der Waals surface area contributed by atoms with E-state index in [2.05, 4.69) is 11.2 Å². The van der Waals surface area contributed by atoms with Crippen molar-refractivity contribution < 1.29 is 53.4 Å². The van der Waals surface area contributed by atoms with E-state index < -0.39 is 62.6 Å². The minimum Gasteiger partial charge on any atom is -0.460 e. The molecule has 0 amide bonds. The van der Waals surface area contributed by atoms with Crippen LogP contribution in [-0.2, 0) is 16.1 Å². The summed E-state index contributed by atoms with van der Waals surface area (Å²) in [7, 11) is 0. The number of carbonyl (C=O) groups is 1. The Bertz CT molecular complexity index is 673. The van der Waals surface area contributed by atoms with Crippen molar-refractivity contribution in [1.82, 2.24) is 10.7 Å². The second kappa shape index (κ2) is 14.4. The van der Waals surface area contributed by atoms with E-state index in [0.717, 1.165) is 5.56 Å². The Kier molecular flexibility index (Phi) is 14.6. The molecule has 1 aromatic carbocycles. The number of benzene rings is 1.